The van der Waals surface area contributed by atoms with Crippen LogP contribution in [0, 0.1) is 6.92 Å². The lowest BCUT2D eigenvalue weighted by Crippen LogP contribution is -2.36. The van der Waals surface area contributed by atoms with Crippen molar-refractivity contribution in [1.82, 2.24) is 14.9 Å². The molecule has 3 rings (SSSR count). The summed E-state index contributed by atoms with van der Waals surface area (Å²) in [4.78, 5) is 24.4. The van der Waals surface area contributed by atoms with E-state index in [0.29, 0.717) is 24.5 Å². The molecule has 0 radical (unpaired) electrons. The van der Waals surface area contributed by atoms with Crippen LogP contribution in [0.5, 0.6) is 0 Å². The van der Waals surface area contributed by atoms with E-state index in [1.165, 1.54) is 16.9 Å². The van der Waals surface area contributed by atoms with Crippen molar-refractivity contribution in [2.45, 2.75) is 13.3 Å². The first kappa shape index (κ1) is 18.2. The first-order valence-corrected chi connectivity index (χ1v) is 9.43. The van der Waals surface area contributed by atoms with E-state index < -0.39 is 0 Å². The summed E-state index contributed by atoms with van der Waals surface area (Å²) in [5.74, 6) is -0.0106. The Bertz CT molecular complexity index is 849. The predicted molar refractivity (Wildman–Crippen MR) is 105 cm³/mol. The number of benzene rings is 1. The molecule has 0 aliphatic heterocycles. The third-order valence-corrected chi connectivity index (χ3v) is 5.24. The largest absolute Gasteiger partial charge is 0.336 e. The maximum atomic E-state index is 13.0. The number of carbonyl (C=O) groups is 1. The molecular weight excluding hydrogens is 344 g/mol. The highest BCUT2D eigenvalue weighted by molar-refractivity contribution is 7.17. The third-order valence-electron chi connectivity index (χ3n) is 4.07. The fourth-order valence-electron chi connectivity index (χ4n) is 2.72. The van der Waals surface area contributed by atoms with E-state index in [1.807, 2.05) is 48.2 Å². The van der Waals surface area contributed by atoms with Crippen LogP contribution in [0.2, 0.25) is 0 Å². The summed E-state index contributed by atoms with van der Waals surface area (Å²) in [7, 11) is 0. The van der Waals surface area contributed by atoms with Crippen molar-refractivity contribution in [3.8, 4) is 10.7 Å². The van der Waals surface area contributed by atoms with Gasteiger partial charge in [-0.2, -0.15) is 0 Å². The number of aromatic nitrogens is 2. The molecule has 0 saturated carbocycles. The van der Waals surface area contributed by atoms with Crippen LogP contribution < -0.4 is 5.73 Å². The van der Waals surface area contributed by atoms with E-state index >= 15 is 0 Å². The zero-order chi connectivity index (χ0) is 18.4. The molecule has 134 valence electrons. The summed E-state index contributed by atoms with van der Waals surface area (Å²) >= 11 is 1.39. The Morgan fingerprint density at radius 2 is 1.88 bits per heavy atom. The molecule has 0 aliphatic rings. The molecule has 2 heterocycles. The molecular formula is C20H22N4OS. The number of aryl methyl sites for hydroxylation is 1. The van der Waals surface area contributed by atoms with E-state index in [1.54, 1.807) is 6.20 Å². The quantitative estimate of drug-likeness (QED) is 0.697. The maximum absolute atomic E-state index is 13.0. The standard InChI is InChI=1S/C20H22N4OS/c1-15-18(26-19(23-15)17-9-5-6-12-22-17)20(25)24(14-11-21)13-10-16-7-3-2-4-8-16/h2-9,12H,10-11,13-14,21H2,1H3. The molecule has 3 aromatic rings. The van der Waals surface area contributed by atoms with E-state index in [4.69, 9.17) is 5.73 Å². The van der Waals surface area contributed by atoms with Crippen molar-refractivity contribution in [2.75, 3.05) is 19.6 Å². The van der Waals surface area contributed by atoms with Crippen LogP contribution in [0.1, 0.15) is 20.9 Å². The van der Waals surface area contributed by atoms with Gasteiger partial charge in [0.1, 0.15) is 9.88 Å². The molecule has 1 amide bonds. The molecule has 5 nitrogen and oxygen atoms in total. The Morgan fingerprint density at radius 3 is 2.58 bits per heavy atom. The number of nitrogens with zero attached hydrogens (tertiary/aromatic N) is 3. The summed E-state index contributed by atoms with van der Waals surface area (Å²) in [5.41, 5.74) is 8.46. The second-order valence-corrected chi connectivity index (χ2v) is 6.96. The number of rotatable bonds is 7. The zero-order valence-electron chi connectivity index (χ0n) is 14.8. The van der Waals surface area contributed by atoms with Crippen molar-refractivity contribution < 1.29 is 4.79 Å². The molecule has 0 saturated heterocycles. The van der Waals surface area contributed by atoms with Gasteiger partial charge in [-0.25, -0.2) is 4.98 Å². The minimum Gasteiger partial charge on any atom is -0.336 e. The molecule has 0 aliphatic carbocycles. The van der Waals surface area contributed by atoms with Crippen molar-refractivity contribution in [2.24, 2.45) is 5.73 Å². The maximum Gasteiger partial charge on any atom is 0.265 e. The van der Waals surface area contributed by atoms with Crippen LogP contribution in [0.4, 0.5) is 0 Å². The lowest BCUT2D eigenvalue weighted by atomic mass is 10.1. The SMILES string of the molecule is Cc1nc(-c2ccccn2)sc1C(=O)N(CCN)CCc1ccccc1. The summed E-state index contributed by atoms with van der Waals surface area (Å²) in [6, 6.07) is 15.8. The van der Waals surface area contributed by atoms with Gasteiger partial charge in [-0.05, 0) is 31.0 Å². The molecule has 0 fully saturated rings. The first-order chi connectivity index (χ1) is 12.7. The van der Waals surface area contributed by atoms with Gasteiger partial charge in [0.15, 0.2) is 0 Å². The monoisotopic (exact) mass is 366 g/mol. The molecule has 2 aromatic heterocycles. The highest BCUT2D eigenvalue weighted by Gasteiger charge is 2.21. The van der Waals surface area contributed by atoms with Gasteiger partial charge in [0.25, 0.3) is 5.91 Å². The molecule has 1 aromatic carbocycles. The molecule has 26 heavy (non-hydrogen) atoms. The number of thiazole rings is 1. The number of hydrogen-bond donors (Lipinski definition) is 1. The van der Waals surface area contributed by atoms with Crippen molar-refractivity contribution >= 4 is 17.2 Å². The van der Waals surface area contributed by atoms with Crippen LogP contribution in [0.3, 0.4) is 0 Å². The zero-order valence-corrected chi connectivity index (χ0v) is 15.6. The molecule has 0 unspecified atom stereocenters. The Kier molecular flexibility index (Phi) is 6.09. The Morgan fingerprint density at radius 1 is 1.12 bits per heavy atom. The average molecular weight is 366 g/mol. The van der Waals surface area contributed by atoms with E-state index in [0.717, 1.165) is 22.8 Å². The summed E-state index contributed by atoms with van der Waals surface area (Å²) in [6.07, 6.45) is 2.53. The number of hydrogen-bond acceptors (Lipinski definition) is 5. The Balaban J connectivity index is 1.77. The molecule has 2 N–H and O–H groups in total. The third kappa shape index (κ3) is 4.33. The molecule has 0 atom stereocenters. The van der Waals surface area contributed by atoms with Gasteiger partial charge < -0.3 is 10.6 Å². The lowest BCUT2D eigenvalue weighted by Gasteiger charge is -2.21. The second kappa shape index (κ2) is 8.69. The first-order valence-electron chi connectivity index (χ1n) is 8.61. The summed E-state index contributed by atoms with van der Waals surface area (Å²) in [5, 5.41) is 0.766. The minimum atomic E-state index is -0.0106. The van der Waals surface area contributed by atoms with Crippen LogP contribution >= 0.6 is 11.3 Å². The smallest absolute Gasteiger partial charge is 0.265 e. The van der Waals surface area contributed by atoms with Gasteiger partial charge in [0.2, 0.25) is 0 Å². The van der Waals surface area contributed by atoms with Gasteiger partial charge in [0.05, 0.1) is 11.4 Å². The summed E-state index contributed by atoms with van der Waals surface area (Å²) < 4.78 is 0. The number of pyridine rings is 1. The highest BCUT2D eigenvalue weighted by atomic mass is 32.1. The van der Waals surface area contributed by atoms with E-state index in [-0.39, 0.29) is 5.91 Å². The number of nitrogens with two attached hydrogens (primary N) is 1. The van der Waals surface area contributed by atoms with Gasteiger partial charge in [-0.3, -0.25) is 9.78 Å². The highest BCUT2D eigenvalue weighted by Crippen LogP contribution is 2.27. The minimum absolute atomic E-state index is 0.0106. The average Bonchev–Trinajstić information content (AvgIpc) is 3.08. The van der Waals surface area contributed by atoms with Gasteiger partial charge >= 0.3 is 0 Å². The predicted octanol–water partition coefficient (Wildman–Crippen LogP) is 3.16. The topological polar surface area (TPSA) is 72.1 Å². The number of carbonyl (C=O) groups excluding carboxylic acids is 1. The fourth-order valence-corrected chi connectivity index (χ4v) is 3.73. The fraction of sp³-hybridized carbons (Fsp3) is 0.250. The van der Waals surface area contributed by atoms with Gasteiger partial charge in [-0.15, -0.1) is 11.3 Å². The Labute approximate surface area is 157 Å². The van der Waals surface area contributed by atoms with Crippen LogP contribution in [0.25, 0.3) is 10.7 Å². The van der Waals surface area contributed by atoms with Crippen LogP contribution in [-0.4, -0.2) is 40.4 Å². The number of amides is 1. The second-order valence-electron chi connectivity index (χ2n) is 5.97. The Hall–Kier alpha value is -2.57. The van der Waals surface area contributed by atoms with Gasteiger partial charge in [0, 0.05) is 25.8 Å². The van der Waals surface area contributed by atoms with E-state index in [2.05, 4.69) is 22.1 Å². The molecule has 0 bridgehead atoms. The van der Waals surface area contributed by atoms with Crippen molar-refractivity contribution in [3.05, 3.63) is 70.9 Å². The van der Waals surface area contributed by atoms with Gasteiger partial charge in [-0.1, -0.05) is 36.4 Å². The molecule has 6 heteroatoms. The van der Waals surface area contributed by atoms with Crippen LogP contribution in [0.15, 0.2) is 54.7 Å². The summed E-state index contributed by atoms with van der Waals surface area (Å²) in [6.45, 7) is 3.47. The van der Waals surface area contributed by atoms with E-state index in [9.17, 15) is 4.79 Å². The normalized spacial score (nSPS) is 10.7. The lowest BCUT2D eigenvalue weighted by molar-refractivity contribution is 0.0766. The van der Waals surface area contributed by atoms with Crippen LogP contribution in [-0.2, 0) is 6.42 Å². The van der Waals surface area contributed by atoms with Crippen molar-refractivity contribution in [1.29, 1.82) is 0 Å². The van der Waals surface area contributed by atoms with Crippen molar-refractivity contribution in [3.63, 3.8) is 0 Å². The molecule has 0 spiro atoms.